The van der Waals surface area contributed by atoms with Crippen molar-refractivity contribution in [3.8, 4) is 0 Å². The second-order valence-corrected chi connectivity index (χ2v) is 2.90. The van der Waals surface area contributed by atoms with E-state index in [9.17, 15) is 4.39 Å². The number of rotatable bonds is 2. The predicted molar refractivity (Wildman–Crippen MR) is 63.3 cm³/mol. The van der Waals surface area contributed by atoms with Crippen LogP contribution in [-0.4, -0.2) is 16.5 Å². The molecule has 0 atom stereocenters. The predicted octanol–water partition coefficient (Wildman–Crippen LogP) is 2.05. The summed E-state index contributed by atoms with van der Waals surface area (Å²) >= 11 is 0. The first-order chi connectivity index (χ1) is 6.31. The number of hydrogen-bond acceptors (Lipinski definition) is 2. The van der Waals surface area contributed by atoms with Crippen molar-refractivity contribution in [1.82, 2.24) is 9.97 Å². The standard InChI is InChI=1S/C9H10FN3.2ClH/c10-7-3-8-9(13-5-7)6(1-2-11)4-12-8;;/h3-5,12H,1-2,11H2;2*1H. The number of nitrogens with zero attached hydrogens (tertiary/aromatic N) is 1. The molecule has 0 bridgehead atoms. The van der Waals surface area contributed by atoms with Crippen LogP contribution in [0.1, 0.15) is 5.56 Å². The molecule has 0 aliphatic carbocycles. The first-order valence-electron chi connectivity index (χ1n) is 4.13. The molecule has 0 aromatic carbocycles. The van der Waals surface area contributed by atoms with E-state index in [0.29, 0.717) is 6.54 Å². The lowest BCUT2D eigenvalue weighted by Gasteiger charge is -1.94. The summed E-state index contributed by atoms with van der Waals surface area (Å²) in [4.78, 5) is 6.95. The van der Waals surface area contributed by atoms with Gasteiger partial charge in [0, 0.05) is 12.3 Å². The lowest BCUT2D eigenvalue weighted by atomic mass is 10.2. The van der Waals surface area contributed by atoms with Crippen LogP contribution in [0.25, 0.3) is 11.0 Å². The molecule has 0 saturated heterocycles. The Labute approximate surface area is 99.1 Å². The summed E-state index contributed by atoms with van der Waals surface area (Å²) in [6.45, 7) is 0.575. The topological polar surface area (TPSA) is 54.7 Å². The van der Waals surface area contributed by atoms with Crippen molar-refractivity contribution < 1.29 is 4.39 Å². The van der Waals surface area contributed by atoms with Crippen molar-refractivity contribution in [3.63, 3.8) is 0 Å². The lowest BCUT2D eigenvalue weighted by molar-refractivity contribution is 0.624. The molecule has 0 spiro atoms. The van der Waals surface area contributed by atoms with Gasteiger partial charge in [-0.25, -0.2) is 4.39 Å². The highest BCUT2D eigenvalue weighted by atomic mass is 35.5. The third-order valence-corrected chi connectivity index (χ3v) is 1.97. The van der Waals surface area contributed by atoms with E-state index in [1.807, 2.05) is 6.20 Å². The van der Waals surface area contributed by atoms with Crippen LogP contribution in [0.15, 0.2) is 18.5 Å². The molecule has 15 heavy (non-hydrogen) atoms. The Morgan fingerprint density at radius 1 is 1.40 bits per heavy atom. The Kier molecular flexibility index (Phi) is 5.57. The van der Waals surface area contributed by atoms with Gasteiger partial charge in [-0.2, -0.15) is 0 Å². The Bertz CT molecular complexity index is 430. The highest BCUT2D eigenvalue weighted by Gasteiger charge is 2.04. The fourth-order valence-electron chi connectivity index (χ4n) is 1.38. The highest BCUT2D eigenvalue weighted by Crippen LogP contribution is 2.16. The molecule has 0 saturated carbocycles. The first kappa shape index (κ1) is 14.2. The van der Waals surface area contributed by atoms with Gasteiger partial charge < -0.3 is 10.7 Å². The molecular weight excluding hydrogens is 240 g/mol. The number of aromatic amines is 1. The van der Waals surface area contributed by atoms with Crippen molar-refractivity contribution in [2.45, 2.75) is 6.42 Å². The zero-order valence-electron chi connectivity index (χ0n) is 7.87. The molecule has 84 valence electrons. The molecule has 0 amide bonds. The molecule has 6 heteroatoms. The van der Waals surface area contributed by atoms with Crippen LogP contribution in [0.3, 0.4) is 0 Å². The van der Waals surface area contributed by atoms with Crippen molar-refractivity contribution in [2.24, 2.45) is 5.73 Å². The van der Waals surface area contributed by atoms with Crippen LogP contribution in [0, 0.1) is 5.82 Å². The number of pyridine rings is 1. The van der Waals surface area contributed by atoms with Gasteiger partial charge in [-0.05, 0) is 18.5 Å². The maximum absolute atomic E-state index is 12.7. The summed E-state index contributed by atoms with van der Waals surface area (Å²) in [7, 11) is 0. The van der Waals surface area contributed by atoms with Gasteiger partial charge in [0.25, 0.3) is 0 Å². The van der Waals surface area contributed by atoms with E-state index in [-0.39, 0.29) is 30.6 Å². The van der Waals surface area contributed by atoms with E-state index in [1.165, 1.54) is 12.3 Å². The third-order valence-electron chi connectivity index (χ3n) is 1.97. The van der Waals surface area contributed by atoms with Crippen LogP contribution in [0.2, 0.25) is 0 Å². The normalized spacial score (nSPS) is 9.47. The second kappa shape index (κ2) is 5.90. The molecule has 0 aliphatic rings. The molecule has 2 aromatic heterocycles. The Morgan fingerprint density at radius 2 is 2.13 bits per heavy atom. The van der Waals surface area contributed by atoms with Gasteiger partial charge in [0.05, 0.1) is 17.2 Å². The van der Waals surface area contributed by atoms with Crippen LogP contribution in [0.4, 0.5) is 4.39 Å². The Hall–Kier alpha value is -0.840. The van der Waals surface area contributed by atoms with Gasteiger partial charge in [-0.15, -0.1) is 24.8 Å². The Morgan fingerprint density at radius 3 is 2.80 bits per heavy atom. The molecule has 2 heterocycles. The summed E-state index contributed by atoms with van der Waals surface area (Å²) < 4.78 is 12.7. The van der Waals surface area contributed by atoms with Crippen molar-refractivity contribution in [2.75, 3.05) is 6.54 Å². The van der Waals surface area contributed by atoms with E-state index >= 15 is 0 Å². The largest absolute Gasteiger partial charge is 0.359 e. The summed E-state index contributed by atoms with van der Waals surface area (Å²) in [5, 5.41) is 0. The summed E-state index contributed by atoms with van der Waals surface area (Å²) in [5.41, 5.74) is 8.00. The SMILES string of the molecule is Cl.Cl.NCCc1c[nH]c2cc(F)cnc12. The summed E-state index contributed by atoms with van der Waals surface area (Å²) in [6, 6.07) is 1.43. The number of nitrogens with two attached hydrogens (primary N) is 1. The maximum atomic E-state index is 12.7. The summed E-state index contributed by atoms with van der Waals surface area (Å²) in [6.07, 6.45) is 3.80. The number of nitrogens with one attached hydrogen (secondary N) is 1. The van der Waals surface area contributed by atoms with Gasteiger partial charge in [-0.1, -0.05) is 0 Å². The van der Waals surface area contributed by atoms with Gasteiger partial charge in [0.15, 0.2) is 0 Å². The quantitative estimate of drug-likeness (QED) is 0.859. The van der Waals surface area contributed by atoms with Crippen LogP contribution in [-0.2, 0) is 6.42 Å². The minimum atomic E-state index is -0.325. The van der Waals surface area contributed by atoms with Gasteiger partial charge >= 0.3 is 0 Å². The van der Waals surface area contributed by atoms with Gasteiger partial charge in [-0.3, -0.25) is 4.98 Å². The van der Waals surface area contributed by atoms with E-state index in [2.05, 4.69) is 9.97 Å². The molecule has 2 aromatic rings. The van der Waals surface area contributed by atoms with Gasteiger partial charge in [0.2, 0.25) is 0 Å². The highest BCUT2D eigenvalue weighted by molar-refractivity contribution is 5.85. The number of aromatic nitrogens is 2. The molecular formula is C9H12Cl2FN3. The van der Waals surface area contributed by atoms with E-state index in [1.54, 1.807) is 0 Å². The number of halogens is 3. The van der Waals surface area contributed by atoms with Crippen LogP contribution >= 0.6 is 24.8 Å². The average molecular weight is 252 g/mol. The second-order valence-electron chi connectivity index (χ2n) is 2.90. The fourth-order valence-corrected chi connectivity index (χ4v) is 1.38. The molecule has 0 aliphatic heterocycles. The minimum absolute atomic E-state index is 0. The Balaban J connectivity index is 0.000000980. The molecule has 3 nitrogen and oxygen atoms in total. The zero-order chi connectivity index (χ0) is 9.26. The van der Waals surface area contributed by atoms with E-state index in [4.69, 9.17) is 5.73 Å². The molecule has 2 rings (SSSR count). The fraction of sp³-hybridized carbons (Fsp3) is 0.222. The van der Waals surface area contributed by atoms with Crippen molar-refractivity contribution >= 4 is 35.8 Å². The van der Waals surface area contributed by atoms with Gasteiger partial charge in [0.1, 0.15) is 5.82 Å². The minimum Gasteiger partial charge on any atom is -0.359 e. The third kappa shape index (κ3) is 2.81. The maximum Gasteiger partial charge on any atom is 0.143 e. The molecule has 0 unspecified atom stereocenters. The van der Waals surface area contributed by atoms with Crippen LogP contribution in [0.5, 0.6) is 0 Å². The first-order valence-corrected chi connectivity index (χ1v) is 4.13. The average Bonchev–Trinajstić information content (AvgIpc) is 2.49. The monoisotopic (exact) mass is 251 g/mol. The molecule has 0 radical (unpaired) electrons. The van der Waals surface area contributed by atoms with Crippen LogP contribution < -0.4 is 5.73 Å². The summed E-state index contributed by atoms with van der Waals surface area (Å²) in [5.74, 6) is -0.325. The molecule has 0 fully saturated rings. The van der Waals surface area contributed by atoms with E-state index < -0.39 is 0 Å². The van der Waals surface area contributed by atoms with Crippen molar-refractivity contribution in [1.29, 1.82) is 0 Å². The number of fused-ring (bicyclic) bond motifs is 1. The zero-order valence-corrected chi connectivity index (χ0v) is 9.50. The number of hydrogen-bond donors (Lipinski definition) is 2. The lowest BCUT2D eigenvalue weighted by Crippen LogP contribution is -2.02. The smallest absolute Gasteiger partial charge is 0.143 e. The van der Waals surface area contributed by atoms with Crippen molar-refractivity contribution in [3.05, 3.63) is 29.8 Å². The number of H-pyrrole nitrogens is 1. The van der Waals surface area contributed by atoms with E-state index in [0.717, 1.165) is 23.0 Å². The molecule has 3 N–H and O–H groups in total.